The molecule has 0 aliphatic rings. The zero-order valence-corrected chi connectivity index (χ0v) is 7.16. The van der Waals surface area contributed by atoms with Crippen molar-refractivity contribution in [2.45, 2.75) is 0 Å². The van der Waals surface area contributed by atoms with Gasteiger partial charge in [0.2, 0.25) is 0 Å². The molecule has 0 amide bonds. The van der Waals surface area contributed by atoms with Gasteiger partial charge in [-0.1, -0.05) is 24.3 Å². The lowest BCUT2D eigenvalue weighted by Gasteiger charge is -2.06. The molecule has 1 nitrogen and oxygen atoms in total. The van der Waals surface area contributed by atoms with Crippen LogP contribution in [0.4, 0.5) is 12.9 Å². The second kappa shape index (κ2) is 4.13. The number of hydrogen-bond donors (Lipinski definition) is 0. The number of halogens is 3. The van der Waals surface area contributed by atoms with Gasteiger partial charge in [-0.25, -0.2) is 0 Å². The molecule has 74 valence electrons. The Morgan fingerprint density at radius 1 is 1.14 bits per heavy atom. The van der Waals surface area contributed by atoms with E-state index in [4.69, 9.17) is 0 Å². The first-order valence-electron chi connectivity index (χ1n) is 3.96. The SMILES string of the molecule is O=Cc1cccc(/C=C/[B-](F)(F)F)c1. The highest BCUT2D eigenvalue weighted by atomic mass is 19.4. The van der Waals surface area contributed by atoms with E-state index in [0.717, 1.165) is 6.08 Å². The van der Waals surface area contributed by atoms with E-state index in [9.17, 15) is 17.7 Å². The Morgan fingerprint density at radius 3 is 2.36 bits per heavy atom. The minimum Gasteiger partial charge on any atom is -0.445 e. The normalized spacial score (nSPS) is 11.9. The zero-order valence-electron chi connectivity index (χ0n) is 7.16. The van der Waals surface area contributed by atoms with E-state index in [2.05, 4.69) is 0 Å². The number of benzene rings is 1. The van der Waals surface area contributed by atoms with Crippen molar-refractivity contribution in [2.75, 3.05) is 0 Å². The van der Waals surface area contributed by atoms with Crippen molar-refractivity contribution in [3.63, 3.8) is 0 Å². The van der Waals surface area contributed by atoms with E-state index in [0.29, 0.717) is 17.4 Å². The second-order valence-corrected chi connectivity index (χ2v) is 2.77. The summed E-state index contributed by atoms with van der Waals surface area (Å²) in [6.45, 7) is -4.91. The molecule has 0 bridgehead atoms. The van der Waals surface area contributed by atoms with Gasteiger partial charge in [-0.15, -0.1) is 5.98 Å². The first kappa shape index (κ1) is 10.6. The van der Waals surface area contributed by atoms with Crippen LogP contribution in [0.2, 0.25) is 0 Å². The highest BCUT2D eigenvalue weighted by Crippen LogP contribution is 2.13. The van der Waals surface area contributed by atoms with Gasteiger partial charge in [0.1, 0.15) is 6.29 Å². The van der Waals surface area contributed by atoms with Gasteiger partial charge in [-0.3, -0.25) is 4.79 Å². The maximum absolute atomic E-state index is 11.8. The molecule has 5 heteroatoms. The Labute approximate surface area is 79.3 Å². The highest BCUT2D eigenvalue weighted by molar-refractivity contribution is 6.64. The molecule has 0 unspecified atom stereocenters. The average molecular weight is 199 g/mol. The molecule has 0 heterocycles. The Hall–Kier alpha value is -1.52. The van der Waals surface area contributed by atoms with Gasteiger partial charge in [0.25, 0.3) is 0 Å². The van der Waals surface area contributed by atoms with Crippen LogP contribution < -0.4 is 0 Å². The van der Waals surface area contributed by atoms with Crippen molar-refractivity contribution in [1.29, 1.82) is 0 Å². The van der Waals surface area contributed by atoms with Gasteiger partial charge in [-0.05, 0) is 11.6 Å². The van der Waals surface area contributed by atoms with Crippen molar-refractivity contribution < 1.29 is 17.7 Å². The monoisotopic (exact) mass is 199 g/mol. The Kier molecular flexibility index (Phi) is 3.12. The van der Waals surface area contributed by atoms with Gasteiger partial charge in [0.15, 0.2) is 0 Å². The van der Waals surface area contributed by atoms with E-state index < -0.39 is 6.98 Å². The minimum atomic E-state index is -4.91. The lowest BCUT2D eigenvalue weighted by molar-refractivity contribution is 0.112. The van der Waals surface area contributed by atoms with Crippen molar-refractivity contribution >= 4 is 19.3 Å². The maximum Gasteiger partial charge on any atom is 0.502 e. The molecular formula is C9H7BF3O-. The molecule has 0 fully saturated rings. The fraction of sp³-hybridized carbons (Fsp3) is 0. The molecule has 0 aromatic heterocycles. The topological polar surface area (TPSA) is 17.1 Å². The van der Waals surface area contributed by atoms with Crippen molar-refractivity contribution in [1.82, 2.24) is 0 Å². The van der Waals surface area contributed by atoms with E-state index in [1.807, 2.05) is 0 Å². The second-order valence-electron chi connectivity index (χ2n) is 2.77. The maximum atomic E-state index is 11.8. The van der Waals surface area contributed by atoms with Gasteiger partial charge < -0.3 is 12.9 Å². The van der Waals surface area contributed by atoms with Crippen molar-refractivity contribution in [2.24, 2.45) is 0 Å². The summed E-state index contributed by atoms with van der Waals surface area (Å²) in [6.07, 6.45) is 1.54. The van der Waals surface area contributed by atoms with Gasteiger partial charge in [0, 0.05) is 5.56 Å². The molecule has 0 spiro atoms. The first-order valence-corrected chi connectivity index (χ1v) is 3.96. The molecule has 1 aromatic carbocycles. The molecule has 0 saturated carbocycles. The summed E-state index contributed by atoms with van der Waals surface area (Å²) < 4.78 is 35.5. The van der Waals surface area contributed by atoms with Crippen LogP contribution in [0.15, 0.2) is 30.2 Å². The molecule has 0 saturated heterocycles. The number of carbonyl (C=O) groups is 1. The predicted molar refractivity (Wildman–Crippen MR) is 49.9 cm³/mol. The molecule has 0 aliphatic heterocycles. The summed E-state index contributed by atoms with van der Waals surface area (Å²) in [7, 11) is 0. The summed E-state index contributed by atoms with van der Waals surface area (Å²) >= 11 is 0. The number of aldehydes is 1. The van der Waals surface area contributed by atoms with E-state index in [1.54, 1.807) is 0 Å². The zero-order chi connectivity index (χ0) is 10.6. The van der Waals surface area contributed by atoms with E-state index >= 15 is 0 Å². The third-order valence-corrected chi connectivity index (χ3v) is 1.55. The number of rotatable bonds is 3. The largest absolute Gasteiger partial charge is 0.502 e. The summed E-state index contributed by atoms with van der Waals surface area (Å²) in [5.41, 5.74) is 0.732. The fourth-order valence-electron chi connectivity index (χ4n) is 0.956. The standard InChI is InChI=1S/C9H7BF3O/c11-10(12,13)5-4-8-2-1-3-9(6-8)7-14/h1-7H/q-1/b5-4+. The van der Waals surface area contributed by atoms with E-state index in [1.165, 1.54) is 24.3 Å². The molecule has 0 radical (unpaired) electrons. The summed E-state index contributed by atoms with van der Waals surface area (Å²) in [4.78, 5) is 10.3. The van der Waals surface area contributed by atoms with Gasteiger partial charge >= 0.3 is 6.98 Å². The molecule has 0 N–H and O–H groups in total. The molecular weight excluding hydrogens is 192 g/mol. The molecule has 14 heavy (non-hydrogen) atoms. The fourth-order valence-corrected chi connectivity index (χ4v) is 0.956. The van der Waals surface area contributed by atoms with Crippen LogP contribution in [0.1, 0.15) is 15.9 Å². The number of carbonyl (C=O) groups excluding carboxylic acids is 1. The van der Waals surface area contributed by atoms with Gasteiger partial charge in [-0.2, -0.15) is 0 Å². The van der Waals surface area contributed by atoms with Crippen LogP contribution in [-0.4, -0.2) is 13.3 Å². The lowest BCUT2D eigenvalue weighted by atomic mass is 9.90. The smallest absolute Gasteiger partial charge is 0.445 e. The summed E-state index contributed by atoms with van der Waals surface area (Å²) in [5, 5.41) is 0. The summed E-state index contributed by atoms with van der Waals surface area (Å²) in [5.74, 6) is 0.198. The third-order valence-electron chi connectivity index (χ3n) is 1.55. The molecule has 0 atom stereocenters. The molecule has 1 aromatic rings. The minimum absolute atomic E-state index is 0.198. The number of hydrogen-bond acceptors (Lipinski definition) is 1. The Bertz CT molecular complexity index is 357. The first-order chi connectivity index (χ1) is 6.51. The lowest BCUT2D eigenvalue weighted by Crippen LogP contribution is -2.09. The van der Waals surface area contributed by atoms with E-state index in [-0.39, 0.29) is 5.98 Å². The third kappa shape index (κ3) is 3.47. The average Bonchev–Trinajstić information content (AvgIpc) is 2.14. The van der Waals surface area contributed by atoms with Crippen LogP contribution in [0.3, 0.4) is 0 Å². The Morgan fingerprint density at radius 2 is 1.79 bits per heavy atom. The van der Waals surface area contributed by atoms with Gasteiger partial charge in [0.05, 0.1) is 0 Å². The van der Waals surface area contributed by atoms with Crippen LogP contribution in [0.5, 0.6) is 0 Å². The van der Waals surface area contributed by atoms with Crippen LogP contribution in [0.25, 0.3) is 6.08 Å². The van der Waals surface area contributed by atoms with Crippen molar-refractivity contribution in [3.8, 4) is 0 Å². The highest BCUT2D eigenvalue weighted by Gasteiger charge is 2.16. The predicted octanol–water partition coefficient (Wildman–Crippen LogP) is 2.90. The Balaban J connectivity index is 2.87. The molecule has 1 rings (SSSR count). The summed E-state index contributed by atoms with van der Waals surface area (Å²) in [6, 6.07) is 5.96. The van der Waals surface area contributed by atoms with Crippen LogP contribution >= 0.6 is 0 Å². The van der Waals surface area contributed by atoms with Crippen LogP contribution in [-0.2, 0) is 0 Å². The quantitative estimate of drug-likeness (QED) is 0.540. The van der Waals surface area contributed by atoms with Crippen molar-refractivity contribution in [3.05, 3.63) is 41.4 Å². The molecule has 0 aliphatic carbocycles. The van der Waals surface area contributed by atoms with Crippen LogP contribution in [0, 0.1) is 0 Å².